The summed E-state index contributed by atoms with van der Waals surface area (Å²) < 4.78 is 54.0. The number of amides is 2. The van der Waals surface area contributed by atoms with Gasteiger partial charge < -0.3 is 29.2 Å². The van der Waals surface area contributed by atoms with E-state index in [1.165, 1.54) is 25.2 Å². The van der Waals surface area contributed by atoms with E-state index < -0.39 is 77.5 Å². The molecule has 1 N–H and O–H groups in total. The molecule has 13 heteroatoms. The second-order valence-corrected chi connectivity index (χ2v) is 12.9. The lowest BCUT2D eigenvalue weighted by atomic mass is 9.85. The Morgan fingerprint density at radius 1 is 1.11 bits per heavy atom. The molecule has 244 valence electrons. The van der Waals surface area contributed by atoms with E-state index in [2.05, 4.69) is 15.3 Å². The van der Waals surface area contributed by atoms with Crippen LogP contribution in [0.4, 0.5) is 13.6 Å². The summed E-state index contributed by atoms with van der Waals surface area (Å²) in [5, 5.41) is 2.72. The van der Waals surface area contributed by atoms with Crippen LogP contribution in [0.1, 0.15) is 59.1 Å². The zero-order valence-corrected chi connectivity index (χ0v) is 26.3. The molecule has 2 unspecified atom stereocenters. The van der Waals surface area contributed by atoms with Crippen LogP contribution in [0.5, 0.6) is 11.6 Å². The predicted molar refractivity (Wildman–Crippen MR) is 159 cm³/mol. The van der Waals surface area contributed by atoms with Crippen LogP contribution < -0.4 is 14.8 Å². The molecule has 2 fully saturated rings. The molecule has 0 spiro atoms. The fourth-order valence-electron chi connectivity index (χ4n) is 6.06. The van der Waals surface area contributed by atoms with E-state index >= 15 is 8.78 Å². The molecule has 6 atom stereocenters. The zero-order valence-electron chi connectivity index (χ0n) is 26.3. The monoisotopic (exact) mass is 630 g/mol. The number of nitrogens with one attached hydrogen (secondary N) is 1. The maximum Gasteiger partial charge on any atom is 0.408 e. The summed E-state index contributed by atoms with van der Waals surface area (Å²) in [6.45, 7) is 7.02. The molecule has 1 aliphatic carbocycles. The standard InChI is InChI=1S/C32H40F2N4O7/c1-7-19-23-16-38(24(19)29(40)43-6)28(39)26(31(2,3)4)37-30(41)45-22-14-17(22)10-8-9-13-32(33,34)25-27(44-23)36-21-15-18(42-5)11-12-20(21)35-25/h8-9,11-12,15,17,19,22-24,26H,7,10,13-14,16H2,1-6H3,(H,37,41)/t17-,19-,22?,23?,24+,26-/m1/s1. The number of ether oxygens (including phenoxy) is 4. The molecule has 2 amide bonds. The van der Waals surface area contributed by atoms with Gasteiger partial charge in [-0.2, -0.15) is 8.78 Å². The first-order valence-electron chi connectivity index (χ1n) is 15.2. The van der Waals surface area contributed by atoms with Crippen molar-refractivity contribution in [3.05, 3.63) is 36.0 Å². The molecule has 3 heterocycles. The molecular formula is C32H40F2N4O7. The van der Waals surface area contributed by atoms with Gasteiger partial charge in [-0.1, -0.05) is 39.8 Å². The Balaban J connectivity index is 1.62. The van der Waals surface area contributed by atoms with Crippen LogP contribution >= 0.6 is 0 Å². The molecule has 1 aromatic heterocycles. The van der Waals surface area contributed by atoms with E-state index in [1.807, 2.05) is 0 Å². The lowest BCUT2D eigenvalue weighted by molar-refractivity contribution is -0.154. The minimum absolute atomic E-state index is 0.0222. The third kappa shape index (κ3) is 6.67. The van der Waals surface area contributed by atoms with Crippen molar-refractivity contribution < 1.29 is 42.1 Å². The van der Waals surface area contributed by atoms with Gasteiger partial charge in [0.25, 0.3) is 5.92 Å². The van der Waals surface area contributed by atoms with Crippen LogP contribution in [0.25, 0.3) is 11.0 Å². The van der Waals surface area contributed by atoms with E-state index in [9.17, 15) is 14.4 Å². The number of esters is 1. The molecule has 1 saturated heterocycles. The Labute approximate surface area is 260 Å². The Kier molecular flexibility index (Phi) is 8.92. The summed E-state index contributed by atoms with van der Waals surface area (Å²) in [6, 6.07) is 2.55. The maximum absolute atomic E-state index is 15.9. The largest absolute Gasteiger partial charge is 0.497 e. The molecule has 0 radical (unpaired) electrons. The average Bonchev–Trinajstić information content (AvgIpc) is 3.62. The molecule has 45 heavy (non-hydrogen) atoms. The number of carbonyl (C=O) groups is 3. The van der Waals surface area contributed by atoms with Crippen molar-refractivity contribution in [2.45, 2.75) is 83.6 Å². The molecular weight excluding hydrogens is 590 g/mol. The van der Waals surface area contributed by atoms with E-state index in [1.54, 1.807) is 52.0 Å². The number of rotatable bonds is 3. The molecule has 2 bridgehead atoms. The summed E-state index contributed by atoms with van der Waals surface area (Å²) in [7, 11) is 2.69. The normalized spacial score (nSPS) is 28.5. The Bertz CT molecular complexity index is 1490. The molecule has 11 nitrogen and oxygen atoms in total. The van der Waals surface area contributed by atoms with Crippen molar-refractivity contribution in [3.8, 4) is 11.6 Å². The van der Waals surface area contributed by atoms with E-state index in [0.29, 0.717) is 25.0 Å². The Morgan fingerprint density at radius 3 is 2.53 bits per heavy atom. The first-order chi connectivity index (χ1) is 21.3. The molecule has 5 rings (SSSR count). The maximum atomic E-state index is 15.9. The van der Waals surface area contributed by atoms with Gasteiger partial charge in [0.2, 0.25) is 11.8 Å². The van der Waals surface area contributed by atoms with Crippen molar-refractivity contribution in [1.29, 1.82) is 0 Å². The number of halogens is 2. The number of allylic oxidation sites excluding steroid dienone is 2. The van der Waals surface area contributed by atoms with Gasteiger partial charge >= 0.3 is 12.1 Å². The predicted octanol–water partition coefficient (Wildman–Crippen LogP) is 4.77. The van der Waals surface area contributed by atoms with Gasteiger partial charge in [0.15, 0.2) is 5.69 Å². The number of nitrogens with zero attached hydrogens (tertiary/aromatic N) is 3. The zero-order chi connectivity index (χ0) is 32.7. The van der Waals surface area contributed by atoms with E-state index in [4.69, 9.17) is 18.9 Å². The Morgan fingerprint density at radius 2 is 1.87 bits per heavy atom. The third-order valence-corrected chi connectivity index (χ3v) is 8.71. The number of alkyl carbamates (subject to hydrolysis) is 1. The number of hydrogen-bond donors (Lipinski definition) is 1. The van der Waals surface area contributed by atoms with Crippen LogP contribution in [0.15, 0.2) is 30.4 Å². The fourth-order valence-corrected chi connectivity index (χ4v) is 6.06. The first kappa shape index (κ1) is 32.4. The topological polar surface area (TPSA) is 129 Å². The van der Waals surface area contributed by atoms with Crippen LogP contribution in [-0.2, 0) is 25.0 Å². The van der Waals surface area contributed by atoms with Gasteiger partial charge in [0, 0.05) is 24.3 Å². The summed E-state index contributed by atoms with van der Waals surface area (Å²) in [6.07, 6.45) is 1.66. The average molecular weight is 631 g/mol. The number of carbonyl (C=O) groups excluding carboxylic acids is 3. The second-order valence-electron chi connectivity index (χ2n) is 12.9. The lowest BCUT2D eigenvalue weighted by Gasteiger charge is -2.35. The van der Waals surface area contributed by atoms with Gasteiger partial charge in [0.1, 0.15) is 30.0 Å². The van der Waals surface area contributed by atoms with Gasteiger partial charge in [0.05, 0.1) is 31.8 Å². The number of alkyl halides is 2. The molecule has 1 aromatic carbocycles. The SMILES string of the molecule is CC[C@@H]1C2CN(C(=O)[C@H](C(C)(C)C)NC(=O)OC3C[C@H]3CC=CCC(F)(F)c3nc4ccc(OC)cc4nc3O2)[C@@H]1C(=O)OC. The number of fused-ring (bicyclic) bond motifs is 5. The minimum Gasteiger partial charge on any atom is -0.497 e. The number of hydrogen-bond acceptors (Lipinski definition) is 9. The highest BCUT2D eigenvalue weighted by molar-refractivity contribution is 5.91. The highest BCUT2D eigenvalue weighted by atomic mass is 19.3. The summed E-state index contributed by atoms with van der Waals surface area (Å²) in [5.74, 6) is -5.30. The van der Waals surface area contributed by atoms with Crippen molar-refractivity contribution >= 4 is 29.0 Å². The number of benzene rings is 1. The van der Waals surface area contributed by atoms with Gasteiger partial charge in [-0.3, -0.25) is 4.79 Å². The van der Waals surface area contributed by atoms with Gasteiger partial charge in [-0.05, 0) is 36.8 Å². The van der Waals surface area contributed by atoms with E-state index in [0.717, 1.165) is 0 Å². The third-order valence-electron chi connectivity index (χ3n) is 8.71. The quantitative estimate of drug-likeness (QED) is 0.377. The van der Waals surface area contributed by atoms with Crippen molar-refractivity contribution in [2.24, 2.45) is 17.3 Å². The van der Waals surface area contributed by atoms with Crippen LogP contribution in [0.3, 0.4) is 0 Å². The molecule has 3 aliphatic rings. The first-order valence-corrected chi connectivity index (χ1v) is 15.2. The van der Waals surface area contributed by atoms with Crippen LogP contribution in [0, 0.1) is 17.3 Å². The molecule has 2 aromatic rings. The molecule has 2 aliphatic heterocycles. The highest BCUT2D eigenvalue weighted by Crippen LogP contribution is 2.42. The molecule has 1 saturated carbocycles. The van der Waals surface area contributed by atoms with Crippen LogP contribution in [-0.4, -0.2) is 77.9 Å². The second kappa shape index (κ2) is 12.4. The lowest BCUT2D eigenvalue weighted by Crippen LogP contribution is -2.57. The van der Waals surface area contributed by atoms with Gasteiger partial charge in [-0.25, -0.2) is 19.6 Å². The van der Waals surface area contributed by atoms with Crippen LogP contribution in [0.2, 0.25) is 0 Å². The minimum atomic E-state index is -3.47. The van der Waals surface area contributed by atoms with E-state index in [-0.39, 0.29) is 23.5 Å². The summed E-state index contributed by atoms with van der Waals surface area (Å²) >= 11 is 0. The Hall–Kier alpha value is -4.03. The fraction of sp³-hybridized carbons (Fsp3) is 0.594. The summed E-state index contributed by atoms with van der Waals surface area (Å²) in [5.41, 5.74) is -0.913. The number of methoxy groups -OCH3 is 2. The highest BCUT2D eigenvalue weighted by Gasteiger charge is 2.52. The van der Waals surface area contributed by atoms with Crippen molar-refractivity contribution in [3.63, 3.8) is 0 Å². The van der Waals surface area contributed by atoms with Crippen molar-refractivity contribution in [2.75, 3.05) is 20.8 Å². The van der Waals surface area contributed by atoms with Crippen molar-refractivity contribution in [1.82, 2.24) is 20.2 Å². The smallest absolute Gasteiger partial charge is 0.408 e. The summed E-state index contributed by atoms with van der Waals surface area (Å²) in [4.78, 5) is 50.4. The number of aromatic nitrogens is 2. The van der Waals surface area contributed by atoms with Gasteiger partial charge in [-0.15, -0.1) is 0 Å².